The molecule has 1 aliphatic rings. The lowest BCUT2D eigenvalue weighted by Gasteiger charge is -2.32. The highest BCUT2D eigenvalue weighted by Gasteiger charge is 2.31. The summed E-state index contributed by atoms with van der Waals surface area (Å²) < 4.78 is 62.5. The van der Waals surface area contributed by atoms with E-state index >= 15 is 0 Å². The summed E-state index contributed by atoms with van der Waals surface area (Å²) in [4.78, 5) is 7.87. The first-order chi connectivity index (χ1) is 17.0. The van der Waals surface area contributed by atoms with Gasteiger partial charge < -0.3 is 10.1 Å². The Morgan fingerprint density at radius 2 is 1.92 bits per heavy atom. The first-order valence-electron chi connectivity index (χ1n) is 11.4. The van der Waals surface area contributed by atoms with Gasteiger partial charge in [-0.25, -0.2) is 18.7 Å². The second-order valence-electron chi connectivity index (χ2n) is 9.25. The number of rotatable bonds is 9. The lowest BCUT2D eigenvalue weighted by Crippen LogP contribution is -2.54. The molecule has 36 heavy (non-hydrogen) atoms. The van der Waals surface area contributed by atoms with E-state index in [9.17, 15) is 17.2 Å². The zero-order chi connectivity index (χ0) is 25.9. The van der Waals surface area contributed by atoms with E-state index in [0.29, 0.717) is 38.5 Å². The summed E-state index contributed by atoms with van der Waals surface area (Å²) in [7, 11) is -3.66. The van der Waals surface area contributed by atoms with Gasteiger partial charge in [-0.2, -0.15) is 22.5 Å². The van der Waals surface area contributed by atoms with Crippen molar-refractivity contribution >= 4 is 21.8 Å². The number of hydrogen-bond donors (Lipinski definition) is 2. The lowest BCUT2D eigenvalue weighted by atomic mass is 10.1. The van der Waals surface area contributed by atoms with Crippen LogP contribution in [-0.2, 0) is 21.5 Å². The summed E-state index contributed by atoms with van der Waals surface area (Å²) in [5.41, 5.74) is 2.09. The fourth-order valence-electron chi connectivity index (χ4n) is 3.94. The van der Waals surface area contributed by atoms with Crippen LogP contribution in [0.15, 0.2) is 42.9 Å². The summed E-state index contributed by atoms with van der Waals surface area (Å²) in [6, 6.07) is 6.85. The molecule has 13 heteroatoms. The van der Waals surface area contributed by atoms with Crippen LogP contribution < -0.4 is 10.0 Å². The fraction of sp³-hybridized carbons (Fsp3) is 0.435. The summed E-state index contributed by atoms with van der Waals surface area (Å²) >= 11 is 0. The van der Waals surface area contributed by atoms with Crippen LogP contribution in [0.2, 0.25) is 0 Å². The number of morpholine rings is 1. The molecular weight excluding hydrogens is 492 g/mol. The molecular formula is C23H29F2N7O3S. The second kappa shape index (κ2) is 10.5. The molecule has 3 aromatic rings. The molecule has 3 heterocycles. The third-order valence-corrected chi connectivity index (χ3v) is 7.33. The van der Waals surface area contributed by atoms with Crippen molar-refractivity contribution in [2.75, 3.05) is 31.6 Å². The van der Waals surface area contributed by atoms with Crippen molar-refractivity contribution in [1.29, 1.82) is 0 Å². The molecule has 1 fully saturated rings. The molecule has 0 saturated carbocycles. The van der Waals surface area contributed by atoms with E-state index in [4.69, 9.17) is 4.74 Å². The highest BCUT2D eigenvalue weighted by Crippen LogP contribution is 2.27. The highest BCUT2D eigenvalue weighted by molar-refractivity contribution is 7.87. The maximum atomic E-state index is 13.0. The Balaban J connectivity index is 1.48. The van der Waals surface area contributed by atoms with Crippen LogP contribution in [-0.4, -0.2) is 64.3 Å². The minimum absolute atomic E-state index is 0.0781. The van der Waals surface area contributed by atoms with Gasteiger partial charge in [-0.3, -0.25) is 4.68 Å². The van der Waals surface area contributed by atoms with Gasteiger partial charge in [0.05, 0.1) is 26.0 Å². The predicted octanol–water partition coefficient (Wildman–Crippen LogP) is 3.27. The van der Waals surface area contributed by atoms with Crippen LogP contribution in [0.1, 0.15) is 31.5 Å². The molecule has 2 N–H and O–H groups in total. The second-order valence-corrected chi connectivity index (χ2v) is 10.9. The minimum atomic E-state index is -3.66. The minimum Gasteiger partial charge on any atom is -0.379 e. The normalized spacial score (nSPS) is 15.4. The van der Waals surface area contributed by atoms with Gasteiger partial charge in [0.2, 0.25) is 5.95 Å². The lowest BCUT2D eigenvalue weighted by molar-refractivity contribution is 0.0719. The van der Waals surface area contributed by atoms with Gasteiger partial charge >= 0.3 is 0 Å². The molecule has 1 aliphatic heterocycles. The zero-order valence-electron chi connectivity index (χ0n) is 20.3. The first-order valence-corrected chi connectivity index (χ1v) is 12.8. The van der Waals surface area contributed by atoms with E-state index in [1.807, 2.05) is 31.3 Å². The Morgan fingerprint density at radius 1 is 1.17 bits per heavy atom. The van der Waals surface area contributed by atoms with Gasteiger partial charge in [-0.1, -0.05) is 6.07 Å². The molecule has 0 aliphatic carbocycles. The summed E-state index contributed by atoms with van der Waals surface area (Å²) in [6.07, 6.45) is 2.12. The Labute approximate surface area is 208 Å². The van der Waals surface area contributed by atoms with E-state index in [2.05, 4.69) is 25.1 Å². The van der Waals surface area contributed by atoms with E-state index in [-0.39, 0.29) is 11.6 Å². The smallest absolute Gasteiger partial charge is 0.280 e. The van der Waals surface area contributed by atoms with Gasteiger partial charge in [0.25, 0.3) is 16.6 Å². The topological polar surface area (TPSA) is 114 Å². The Hall–Kier alpha value is -3.00. The quantitative estimate of drug-likeness (QED) is 0.444. The van der Waals surface area contributed by atoms with Crippen molar-refractivity contribution < 1.29 is 21.9 Å². The number of hydrogen-bond acceptors (Lipinski definition) is 7. The Bertz CT molecular complexity index is 1310. The standard InChI is InChI=1S/C23H29F2N7O3S/c1-16-10-17(12-19(11-16)28-22-26-5-4-20(29-22)21(24)25)18-13-27-31(14-18)15-23(2,3)30-36(33,34)32-6-8-35-9-7-32/h4-5,10-14,21,30H,6-9,15H2,1-3H3,(H,26,28,29). The number of ether oxygens (including phenoxy) is 1. The summed E-state index contributed by atoms with van der Waals surface area (Å²) in [6.45, 7) is 7.21. The Kier molecular flexibility index (Phi) is 7.64. The molecule has 0 unspecified atom stereocenters. The number of aromatic nitrogens is 4. The molecule has 0 bridgehead atoms. The molecule has 4 rings (SSSR count). The fourth-order valence-corrected chi connectivity index (χ4v) is 5.46. The van der Waals surface area contributed by atoms with Gasteiger partial charge in [-0.05, 0) is 50.1 Å². The van der Waals surface area contributed by atoms with E-state index in [1.165, 1.54) is 16.6 Å². The average molecular weight is 522 g/mol. The number of aryl methyl sites for hydroxylation is 1. The zero-order valence-corrected chi connectivity index (χ0v) is 21.1. The van der Waals surface area contributed by atoms with Gasteiger partial charge in [0.1, 0.15) is 5.69 Å². The summed E-state index contributed by atoms with van der Waals surface area (Å²) in [5, 5.41) is 7.39. The molecule has 1 aromatic carbocycles. The number of benzene rings is 1. The van der Waals surface area contributed by atoms with Crippen LogP contribution in [0.25, 0.3) is 11.1 Å². The molecule has 0 amide bonds. The van der Waals surface area contributed by atoms with E-state index < -0.39 is 22.2 Å². The van der Waals surface area contributed by atoms with Gasteiger partial charge in [0.15, 0.2) is 0 Å². The first kappa shape index (κ1) is 26.1. The van der Waals surface area contributed by atoms with Crippen LogP contribution in [0, 0.1) is 6.92 Å². The van der Waals surface area contributed by atoms with Crippen LogP contribution in [0.5, 0.6) is 0 Å². The van der Waals surface area contributed by atoms with Crippen molar-refractivity contribution in [2.45, 2.75) is 39.3 Å². The molecule has 194 valence electrons. The van der Waals surface area contributed by atoms with Crippen LogP contribution >= 0.6 is 0 Å². The third kappa shape index (κ3) is 6.60. The SMILES string of the molecule is Cc1cc(Nc2nccc(C(F)F)n2)cc(-c2cnn(CC(C)(C)NS(=O)(=O)N3CCOCC3)c2)c1. The third-order valence-electron chi connectivity index (χ3n) is 5.47. The number of alkyl halides is 2. The maximum absolute atomic E-state index is 13.0. The molecule has 1 saturated heterocycles. The molecule has 2 aromatic heterocycles. The van der Waals surface area contributed by atoms with Crippen LogP contribution in [0.3, 0.4) is 0 Å². The van der Waals surface area contributed by atoms with Crippen LogP contribution in [0.4, 0.5) is 20.4 Å². The number of nitrogens with one attached hydrogen (secondary N) is 2. The summed E-state index contributed by atoms with van der Waals surface area (Å²) in [5.74, 6) is 0.0781. The monoisotopic (exact) mass is 521 g/mol. The highest BCUT2D eigenvalue weighted by atomic mass is 32.2. The van der Waals surface area contributed by atoms with E-state index in [1.54, 1.807) is 24.7 Å². The predicted molar refractivity (Wildman–Crippen MR) is 131 cm³/mol. The molecule has 0 radical (unpaired) electrons. The van der Waals surface area contributed by atoms with Crippen molar-refractivity contribution in [3.8, 4) is 11.1 Å². The van der Waals surface area contributed by atoms with Crippen molar-refractivity contribution in [3.05, 3.63) is 54.1 Å². The maximum Gasteiger partial charge on any atom is 0.280 e. The largest absolute Gasteiger partial charge is 0.379 e. The van der Waals surface area contributed by atoms with Crippen molar-refractivity contribution in [3.63, 3.8) is 0 Å². The molecule has 10 nitrogen and oxygen atoms in total. The van der Waals surface area contributed by atoms with Gasteiger partial charge in [-0.15, -0.1) is 0 Å². The number of halogens is 2. The Morgan fingerprint density at radius 3 is 2.64 bits per heavy atom. The van der Waals surface area contributed by atoms with Crippen molar-refractivity contribution in [1.82, 2.24) is 28.8 Å². The molecule has 0 spiro atoms. The molecule has 0 atom stereocenters. The van der Waals surface area contributed by atoms with Crippen molar-refractivity contribution in [2.24, 2.45) is 0 Å². The van der Waals surface area contributed by atoms with E-state index in [0.717, 1.165) is 16.7 Å². The number of nitrogens with zero attached hydrogens (tertiary/aromatic N) is 5. The van der Waals surface area contributed by atoms with Gasteiger partial charge in [0, 0.05) is 42.3 Å². The average Bonchev–Trinajstić information content (AvgIpc) is 3.26. The number of anilines is 2.